The van der Waals surface area contributed by atoms with Gasteiger partial charge in [0.25, 0.3) is 5.56 Å². The van der Waals surface area contributed by atoms with Crippen molar-refractivity contribution in [1.82, 2.24) is 14.5 Å². The molecular weight excluding hydrogens is 322 g/mol. The number of pyridine rings is 1. The normalized spacial score (nSPS) is 16.7. The Morgan fingerprint density at radius 2 is 2.17 bits per heavy atom. The van der Waals surface area contributed by atoms with Crippen LogP contribution in [0.5, 0.6) is 0 Å². The lowest BCUT2D eigenvalue weighted by Crippen LogP contribution is -2.32. The summed E-state index contributed by atoms with van der Waals surface area (Å²) in [5.41, 5.74) is 2.83. The summed E-state index contributed by atoms with van der Waals surface area (Å²) in [7, 11) is 1.80. The molecule has 126 valence electrons. The van der Waals surface area contributed by atoms with Crippen LogP contribution in [-0.4, -0.2) is 20.1 Å². The summed E-state index contributed by atoms with van der Waals surface area (Å²) in [6.07, 6.45) is 2.55. The van der Waals surface area contributed by atoms with Crippen molar-refractivity contribution in [3.63, 3.8) is 0 Å². The average molecular weight is 343 g/mol. The number of rotatable bonds is 2. The molecule has 0 atom stereocenters. The third-order valence-electron chi connectivity index (χ3n) is 4.64. The fraction of sp³-hybridized carbons (Fsp3) is 0.500. The van der Waals surface area contributed by atoms with Gasteiger partial charge in [-0.25, -0.2) is 9.97 Å². The smallest absolute Gasteiger partial charge is 0.271 e. The zero-order valence-electron chi connectivity index (χ0n) is 14.5. The molecule has 4 rings (SSSR count). The van der Waals surface area contributed by atoms with E-state index in [0.717, 1.165) is 52.1 Å². The van der Waals surface area contributed by atoms with E-state index in [0.29, 0.717) is 11.3 Å². The average Bonchev–Trinajstić information content (AvgIpc) is 2.87. The predicted molar refractivity (Wildman–Crippen MR) is 96.7 cm³/mol. The molecule has 1 aliphatic rings. The second-order valence-corrected chi connectivity index (χ2v) is 8.09. The molecule has 4 heterocycles. The standard InChI is InChI=1S/C18H21N3O2S/c1-5-6-13-20-14-11-7-10-9-23-18(2,3)8-12(10)19-16(11)24-15(14)17(22)21(13)4/h7H,5-6,8-9H2,1-4H3. The Hall–Kier alpha value is -1.79. The second kappa shape index (κ2) is 5.36. The topological polar surface area (TPSA) is 57.0 Å². The molecule has 0 aliphatic carbocycles. The molecule has 3 aromatic rings. The van der Waals surface area contributed by atoms with Crippen molar-refractivity contribution in [2.24, 2.45) is 7.05 Å². The lowest BCUT2D eigenvalue weighted by atomic mass is 9.95. The minimum atomic E-state index is -0.187. The van der Waals surface area contributed by atoms with Crippen LogP contribution in [0.2, 0.25) is 0 Å². The fourth-order valence-electron chi connectivity index (χ4n) is 3.27. The number of ether oxygens (including phenoxy) is 1. The molecule has 0 aromatic carbocycles. The molecule has 0 fully saturated rings. The molecule has 6 heteroatoms. The van der Waals surface area contributed by atoms with Gasteiger partial charge in [0.2, 0.25) is 0 Å². The first kappa shape index (κ1) is 15.7. The summed E-state index contributed by atoms with van der Waals surface area (Å²) in [6, 6.07) is 2.12. The van der Waals surface area contributed by atoms with Gasteiger partial charge in [-0.3, -0.25) is 9.36 Å². The summed E-state index contributed by atoms with van der Waals surface area (Å²) in [5.74, 6) is 0.838. The first-order valence-corrected chi connectivity index (χ1v) is 9.16. The molecule has 24 heavy (non-hydrogen) atoms. The number of hydrogen-bond acceptors (Lipinski definition) is 5. The number of aryl methyl sites for hydroxylation is 1. The summed E-state index contributed by atoms with van der Waals surface area (Å²) < 4.78 is 8.28. The zero-order valence-corrected chi connectivity index (χ0v) is 15.3. The number of aromatic nitrogens is 3. The van der Waals surface area contributed by atoms with E-state index in [1.165, 1.54) is 11.3 Å². The van der Waals surface area contributed by atoms with E-state index < -0.39 is 0 Å². The maximum Gasteiger partial charge on any atom is 0.271 e. The molecule has 0 saturated carbocycles. The van der Waals surface area contributed by atoms with Crippen LogP contribution in [0.15, 0.2) is 10.9 Å². The third-order valence-corrected chi connectivity index (χ3v) is 5.71. The molecule has 0 bridgehead atoms. The molecule has 5 nitrogen and oxygen atoms in total. The van der Waals surface area contributed by atoms with Crippen LogP contribution >= 0.6 is 11.3 Å². The van der Waals surface area contributed by atoms with Gasteiger partial charge >= 0.3 is 0 Å². The van der Waals surface area contributed by atoms with Gasteiger partial charge in [-0.05, 0) is 26.3 Å². The Balaban J connectivity index is 2.00. The largest absolute Gasteiger partial charge is 0.370 e. The summed E-state index contributed by atoms with van der Waals surface area (Å²) in [4.78, 5) is 23.2. The molecular formula is C18H21N3O2S. The van der Waals surface area contributed by atoms with E-state index in [4.69, 9.17) is 14.7 Å². The quantitative estimate of drug-likeness (QED) is 0.716. The van der Waals surface area contributed by atoms with Crippen LogP contribution in [0, 0.1) is 0 Å². The van der Waals surface area contributed by atoms with Crippen LogP contribution in [0.1, 0.15) is 44.3 Å². The van der Waals surface area contributed by atoms with Crippen LogP contribution in [0.3, 0.4) is 0 Å². The van der Waals surface area contributed by atoms with Crippen molar-refractivity contribution in [2.75, 3.05) is 0 Å². The van der Waals surface area contributed by atoms with Gasteiger partial charge in [-0.15, -0.1) is 11.3 Å². The minimum absolute atomic E-state index is 0.0287. The van der Waals surface area contributed by atoms with E-state index in [1.807, 2.05) is 0 Å². The van der Waals surface area contributed by atoms with Crippen molar-refractivity contribution in [3.8, 4) is 0 Å². The molecule has 0 unspecified atom stereocenters. The number of thiophene rings is 1. The van der Waals surface area contributed by atoms with Crippen LogP contribution in [0.25, 0.3) is 20.4 Å². The number of hydrogen-bond donors (Lipinski definition) is 0. The highest BCUT2D eigenvalue weighted by molar-refractivity contribution is 7.25. The highest BCUT2D eigenvalue weighted by Gasteiger charge is 2.28. The van der Waals surface area contributed by atoms with E-state index in [9.17, 15) is 4.79 Å². The van der Waals surface area contributed by atoms with Gasteiger partial charge < -0.3 is 4.74 Å². The number of fused-ring (bicyclic) bond motifs is 4. The molecule has 3 aromatic heterocycles. The van der Waals surface area contributed by atoms with Crippen LogP contribution in [-0.2, 0) is 31.2 Å². The first-order chi connectivity index (χ1) is 11.4. The minimum Gasteiger partial charge on any atom is -0.370 e. The third kappa shape index (κ3) is 2.36. The van der Waals surface area contributed by atoms with Crippen LogP contribution < -0.4 is 5.56 Å². The number of nitrogens with zero attached hydrogens (tertiary/aromatic N) is 3. The van der Waals surface area contributed by atoms with Gasteiger partial charge in [-0.1, -0.05) is 6.92 Å². The van der Waals surface area contributed by atoms with Crippen molar-refractivity contribution in [2.45, 2.75) is 52.2 Å². The van der Waals surface area contributed by atoms with Gasteiger partial charge in [0.05, 0.1) is 23.4 Å². The zero-order chi connectivity index (χ0) is 17.1. The molecule has 0 spiro atoms. The highest BCUT2D eigenvalue weighted by atomic mass is 32.1. The SMILES string of the molecule is CCCc1nc2c(sc3nc4c(cc32)COC(C)(C)C4)c(=O)n1C. The summed E-state index contributed by atoms with van der Waals surface area (Å²) >= 11 is 1.45. The van der Waals surface area contributed by atoms with Crippen LogP contribution in [0.4, 0.5) is 0 Å². The Bertz CT molecular complexity index is 1020. The van der Waals surface area contributed by atoms with E-state index in [1.54, 1.807) is 11.6 Å². The molecule has 0 amide bonds. The van der Waals surface area contributed by atoms with E-state index >= 15 is 0 Å². The summed E-state index contributed by atoms with van der Waals surface area (Å²) in [5, 5.41) is 0.979. The molecule has 1 aliphatic heterocycles. The van der Waals surface area contributed by atoms with E-state index in [2.05, 4.69) is 26.8 Å². The lowest BCUT2D eigenvalue weighted by Gasteiger charge is -2.30. The van der Waals surface area contributed by atoms with Crippen molar-refractivity contribution in [1.29, 1.82) is 0 Å². The highest BCUT2D eigenvalue weighted by Crippen LogP contribution is 2.34. The molecule has 0 N–H and O–H groups in total. The predicted octanol–water partition coefficient (Wildman–Crippen LogP) is 3.35. The monoisotopic (exact) mass is 343 g/mol. The Kier molecular flexibility index (Phi) is 3.51. The van der Waals surface area contributed by atoms with Gasteiger partial charge in [-0.2, -0.15) is 0 Å². The van der Waals surface area contributed by atoms with Gasteiger partial charge in [0.15, 0.2) is 0 Å². The van der Waals surface area contributed by atoms with E-state index in [-0.39, 0.29) is 11.2 Å². The van der Waals surface area contributed by atoms with Crippen molar-refractivity contribution < 1.29 is 4.74 Å². The first-order valence-electron chi connectivity index (χ1n) is 8.34. The van der Waals surface area contributed by atoms with Gasteiger partial charge in [0, 0.05) is 30.8 Å². The Morgan fingerprint density at radius 1 is 1.38 bits per heavy atom. The maximum atomic E-state index is 12.7. The lowest BCUT2D eigenvalue weighted by molar-refractivity contribution is -0.0411. The Labute approximate surface area is 144 Å². The maximum absolute atomic E-state index is 12.7. The van der Waals surface area contributed by atoms with Crippen molar-refractivity contribution >= 4 is 31.8 Å². The van der Waals surface area contributed by atoms with Gasteiger partial charge in [0.1, 0.15) is 15.4 Å². The molecule has 0 radical (unpaired) electrons. The molecule has 0 saturated heterocycles. The Morgan fingerprint density at radius 3 is 2.92 bits per heavy atom. The summed E-state index contributed by atoms with van der Waals surface area (Å²) in [6.45, 7) is 6.83. The van der Waals surface area contributed by atoms with Crippen molar-refractivity contribution in [3.05, 3.63) is 33.5 Å². The fourth-order valence-corrected chi connectivity index (χ4v) is 4.36. The second-order valence-electron chi connectivity index (χ2n) is 7.09.